The van der Waals surface area contributed by atoms with Gasteiger partial charge in [-0.05, 0) is 18.1 Å². The maximum Gasteiger partial charge on any atom is 0.335 e. The van der Waals surface area contributed by atoms with Crippen molar-refractivity contribution in [3.63, 3.8) is 0 Å². The fourth-order valence-electron chi connectivity index (χ4n) is 1.21. The first-order chi connectivity index (χ1) is 9.15. The molecule has 20 heavy (non-hydrogen) atoms. The molecule has 1 rings (SSSR count). The van der Waals surface area contributed by atoms with Gasteiger partial charge in [0.25, 0.3) is 10.0 Å². The van der Waals surface area contributed by atoms with E-state index >= 15 is 0 Å². The lowest BCUT2D eigenvalue weighted by Gasteiger charge is -2.10. The number of benzene rings is 1. The molecule has 0 aliphatic carbocycles. The van der Waals surface area contributed by atoms with Crippen LogP contribution in [0.4, 0.5) is 8.78 Å². The molecule has 0 fully saturated rings. The second-order valence-corrected chi connectivity index (χ2v) is 5.98. The Kier molecular flexibility index (Phi) is 5.15. The number of sulfonamides is 1. The van der Waals surface area contributed by atoms with Crippen molar-refractivity contribution in [1.82, 2.24) is 4.89 Å². The van der Waals surface area contributed by atoms with Crippen molar-refractivity contribution in [3.8, 4) is 0 Å². The molecule has 0 atom stereocenters. The lowest BCUT2D eigenvalue weighted by molar-refractivity contribution is 0.0694. The summed E-state index contributed by atoms with van der Waals surface area (Å²) in [5.74, 6) is -4.82. The normalized spacial score (nSPS) is 11.8. The van der Waals surface area contributed by atoms with Gasteiger partial charge in [-0.1, -0.05) is 18.7 Å². The summed E-state index contributed by atoms with van der Waals surface area (Å²) in [4.78, 5) is 15.8. The number of hydrogen-bond acceptors (Lipinski definition) is 4. The Morgan fingerprint density at radius 1 is 1.40 bits per heavy atom. The minimum atomic E-state index is -4.52. The second kappa shape index (κ2) is 6.25. The van der Waals surface area contributed by atoms with Gasteiger partial charge in [0.2, 0.25) is 0 Å². The summed E-state index contributed by atoms with van der Waals surface area (Å²) in [7, 11) is -4.52. The van der Waals surface area contributed by atoms with Gasteiger partial charge in [-0.15, -0.1) is 0 Å². The molecule has 2 N–H and O–H groups in total. The Balaban J connectivity index is 3.14. The van der Waals surface area contributed by atoms with Crippen LogP contribution >= 0.6 is 0 Å². The molecule has 9 heteroatoms. The van der Waals surface area contributed by atoms with Crippen molar-refractivity contribution in [3.05, 3.63) is 29.3 Å². The third kappa shape index (κ3) is 3.95. The fraction of sp³-hybridized carbons (Fsp3) is 0.364. The standard InChI is InChI=1S/C11H13F2NO5S/c1-6(2)5-19-14-20(17,18)9-4-7(11(15)16)3-8(12)10(9)13/h3-4,6,14H,5H2,1-2H3,(H,15,16). The Hall–Kier alpha value is -1.58. The van der Waals surface area contributed by atoms with Gasteiger partial charge < -0.3 is 5.11 Å². The number of carbonyl (C=O) groups is 1. The second-order valence-electron chi connectivity index (χ2n) is 4.37. The zero-order valence-corrected chi connectivity index (χ0v) is 11.5. The third-order valence-corrected chi connectivity index (χ3v) is 3.33. The highest BCUT2D eigenvalue weighted by molar-refractivity contribution is 7.89. The smallest absolute Gasteiger partial charge is 0.335 e. The molecule has 1 aromatic carbocycles. The van der Waals surface area contributed by atoms with E-state index in [1.165, 1.54) is 0 Å². The molecule has 6 nitrogen and oxygen atoms in total. The number of hydrogen-bond donors (Lipinski definition) is 2. The van der Waals surface area contributed by atoms with Crippen LogP contribution in [0.15, 0.2) is 17.0 Å². The van der Waals surface area contributed by atoms with E-state index in [1.54, 1.807) is 18.7 Å². The van der Waals surface area contributed by atoms with E-state index in [0.29, 0.717) is 12.1 Å². The molecule has 0 saturated carbocycles. The fourth-order valence-corrected chi connectivity index (χ4v) is 2.13. The molecule has 0 radical (unpaired) electrons. The summed E-state index contributed by atoms with van der Waals surface area (Å²) in [6.45, 7) is 3.52. The van der Waals surface area contributed by atoms with E-state index in [1.807, 2.05) is 0 Å². The van der Waals surface area contributed by atoms with Crippen molar-refractivity contribution >= 4 is 16.0 Å². The van der Waals surface area contributed by atoms with Crippen LogP contribution in [0, 0.1) is 17.6 Å². The van der Waals surface area contributed by atoms with Gasteiger partial charge in [-0.2, -0.15) is 0 Å². The molecule has 0 amide bonds. The lowest BCUT2D eigenvalue weighted by Crippen LogP contribution is -2.27. The molecular weight excluding hydrogens is 296 g/mol. The van der Waals surface area contributed by atoms with Gasteiger partial charge in [0, 0.05) is 0 Å². The van der Waals surface area contributed by atoms with E-state index in [-0.39, 0.29) is 12.5 Å². The maximum atomic E-state index is 13.5. The van der Waals surface area contributed by atoms with E-state index in [9.17, 15) is 22.0 Å². The van der Waals surface area contributed by atoms with Crippen molar-refractivity contribution in [2.75, 3.05) is 6.61 Å². The summed E-state index contributed by atoms with van der Waals surface area (Å²) in [6.07, 6.45) is 0. The molecule has 0 unspecified atom stereocenters. The van der Waals surface area contributed by atoms with E-state index in [4.69, 9.17) is 5.11 Å². The lowest BCUT2D eigenvalue weighted by atomic mass is 10.2. The number of carboxylic acid groups (broad SMARTS) is 1. The van der Waals surface area contributed by atoms with Crippen LogP contribution in [0.5, 0.6) is 0 Å². The molecular formula is C11H13F2NO5S. The van der Waals surface area contributed by atoms with Gasteiger partial charge in [-0.25, -0.2) is 22.0 Å². The summed E-state index contributed by atoms with van der Waals surface area (Å²) >= 11 is 0. The number of carboxylic acids is 1. The number of halogens is 2. The van der Waals surface area contributed by atoms with E-state index in [2.05, 4.69) is 4.84 Å². The number of nitrogens with one attached hydrogen (secondary N) is 1. The van der Waals surface area contributed by atoms with Gasteiger partial charge >= 0.3 is 5.97 Å². The largest absolute Gasteiger partial charge is 0.478 e. The first-order valence-electron chi connectivity index (χ1n) is 5.51. The molecule has 0 spiro atoms. The van der Waals surface area contributed by atoms with Crippen LogP contribution in [-0.4, -0.2) is 26.1 Å². The minimum absolute atomic E-state index is 0.00429. The van der Waals surface area contributed by atoms with E-state index in [0.717, 1.165) is 0 Å². The zero-order valence-electron chi connectivity index (χ0n) is 10.7. The topological polar surface area (TPSA) is 92.7 Å². The van der Waals surface area contributed by atoms with Crippen molar-refractivity contribution in [2.45, 2.75) is 18.7 Å². The summed E-state index contributed by atoms with van der Waals surface area (Å²) in [5, 5.41) is 8.70. The first kappa shape index (κ1) is 16.5. The average Bonchev–Trinajstić information content (AvgIpc) is 2.31. The third-order valence-electron chi connectivity index (χ3n) is 2.12. The van der Waals surface area contributed by atoms with Gasteiger partial charge in [-0.3, -0.25) is 4.84 Å². The predicted molar refractivity (Wildman–Crippen MR) is 64.4 cm³/mol. The number of rotatable bonds is 6. The van der Waals surface area contributed by atoms with Crippen LogP contribution in [0.3, 0.4) is 0 Å². The highest BCUT2D eigenvalue weighted by Gasteiger charge is 2.25. The van der Waals surface area contributed by atoms with Crippen LogP contribution in [0.2, 0.25) is 0 Å². The highest BCUT2D eigenvalue weighted by Crippen LogP contribution is 2.20. The predicted octanol–water partition coefficient (Wildman–Crippen LogP) is 1.53. The zero-order chi connectivity index (χ0) is 15.5. The monoisotopic (exact) mass is 309 g/mol. The van der Waals surface area contributed by atoms with Crippen LogP contribution < -0.4 is 4.89 Å². The molecule has 1 aromatic rings. The van der Waals surface area contributed by atoms with Crippen molar-refractivity contribution in [2.24, 2.45) is 5.92 Å². The Morgan fingerprint density at radius 3 is 2.50 bits per heavy atom. The molecule has 0 heterocycles. The highest BCUT2D eigenvalue weighted by atomic mass is 32.2. The van der Waals surface area contributed by atoms with Gasteiger partial charge in [0.05, 0.1) is 12.2 Å². The SMILES string of the molecule is CC(C)CONS(=O)(=O)c1cc(C(=O)O)cc(F)c1F. The van der Waals surface area contributed by atoms with Gasteiger partial charge in [0.1, 0.15) is 4.90 Å². The summed E-state index contributed by atoms with van der Waals surface area (Å²) < 4.78 is 50.1. The minimum Gasteiger partial charge on any atom is -0.478 e. The molecule has 0 aliphatic rings. The summed E-state index contributed by atoms with van der Waals surface area (Å²) in [6, 6.07) is 0.910. The molecule has 0 saturated heterocycles. The number of aromatic carboxylic acids is 1. The molecule has 0 aliphatic heterocycles. The first-order valence-corrected chi connectivity index (χ1v) is 6.99. The van der Waals surface area contributed by atoms with Crippen LogP contribution in [-0.2, 0) is 14.9 Å². The van der Waals surface area contributed by atoms with Gasteiger partial charge in [0.15, 0.2) is 11.6 Å². The maximum absolute atomic E-state index is 13.5. The Bertz CT molecular complexity index is 615. The quantitative estimate of drug-likeness (QED) is 0.777. The van der Waals surface area contributed by atoms with Crippen molar-refractivity contribution in [1.29, 1.82) is 0 Å². The van der Waals surface area contributed by atoms with Crippen molar-refractivity contribution < 1.29 is 31.9 Å². The van der Waals surface area contributed by atoms with Crippen LogP contribution in [0.25, 0.3) is 0 Å². The van der Waals surface area contributed by atoms with E-state index < -0.39 is 38.1 Å². The Morgan fingerprint density at radius 2 is 2.00 bits per heavy atom. The summed E-state index contributed by atoms with van der Waals surface area (Å²) in [5.41, 5.74) is -0.687. The Labute approximate surface area is 114 Å². The molecule has 0 aromatic heterocycles. The van der Waals surface area contributed by atoms with Crippen LogP contribution in [0.1, 0.15) is 24.2 Å². The molecule has 0 bridgehead atoms. The average molecular weight is 309 g/mol. The molecule has 112 valence electrons.